The van der Waals surface area contributed by atoms with Crippen molar-refractivity contribution in [1.29, 1.82) is 5.26 Å². The molecule has 2 aliphatic heterocycles. The van der Waals surface area contributed by atoms with Crippen molar-refractivity contribution in [3.63, 3.8) is 0 Å². The molecule has 0 spiro atoms. The van der Waals surface area contributed by atoms with E-state index in [9.17, 15) is 55.6 Å². The van der Waals surface area contributed by atoms with Crippen LogP contribution in [0.25, 0.3) is 21.6 Å². The first-order chi connectivity index (χ1) is 46.6. The Morgan fingerprint density at radius 2 is 1.33 bits per heavy atom. The zero-order valence-electron chi connectivity index (χ0n) is 56.7. The fourth-order valence-corrected chi connectivity index (χ4v) is 11.6. The Kier molecular flexibility index (Phi) is 29.2. The number of alkyl halides is 6. The summed E-state index contributed by atoms with van der Waals surface area (Å²) in [6, 6.07) is 25.0. The number of thiocarbonyl (C=S) groups is 1. The Balaban J connectivity index is 0.00000209. The minimum atomic E-state index is -5.19. The quantitative estimate of drug-likeness (QED) is 0.0131. The average Bonchev–Trinajstić information content (AvgIpc) is 1.59. The van der Waals surface area contributed by atoms with Gasteiger partial charge in [-0.15, -0.1) is 11.3 Å². The Labute approximate surface area is 580 Å². The van der Waals surface area contributed by atoms with Crippen LogP contribution in [0, 0.1) is 23.7 Å². The molecule has 2 fully saturated rings. The normalized spacial score (nSPS) is 15.8. The number of nitriles is 1. The summed E-state index contributed by atoms with van der Waals surface area (Å²) in [5, 5.41) is 23.9. The van der Waals surface area contributed by atoms with E-state index >= 15 is 0 Å². The Morgan fingerprint density at radius 1 is 0.778 bits per heavy atom. The van der Waals surface area contributed by atoms with Crippen LogP contribution in [-0.4, -0.2) is 192 Å². The topological polar surface area (TPSA) is 261 Å². The molecule has 99 heavy (non-hydrogen) atoms. The van der Waals surface area contributed by atoms with Crippen LogP contribution in [0.2, 0.25) is 0 Å². The standard InChI is InChI=1S/C67H83F3N8O12S2.C2HF3O2/c1-45-59(92-44-73-45)49-14-12-46(13-15-49)41-72-61(81)56-39-54(90-58(80)26-30-84-32-34-86-36-37-87-35-33-85-31-27-78(7,8)9)42-75(56)62(82)60(65(2,3)4)74-57(79)43-88-28-10-11-29-89-53-24-19-48(20-25-53)47-16-21-51(22-17-47)77-64(91)76(63(83)66(77,5)6)52-23-18-50(40-71)55(38-52)67(68,69)70;3-2(4,5)1(6)7/h12-25,38,44,54,56,60H,10-11,26-37,39,41-43H2,1-9H3,(H-,72,74,79,81);(H,6,7)/t54-,56+,60-;/m1./s1. The molecule has 5 aromatic rings. The van der Waals surface area contributed by atoms with Crippen LogP contribution in [0.3, 0.4) is 0 Å². The largest absolute Gasteiger partial charge is 0.542 e. The predicted molar refractivity (Wildman–Crippen MR) is 358 cm³/mol. The number of aromatic nitrogens is 1. The number of ether oxygens (including phenoxy) is 7. The van der Waals surface area contributed by atoms with Gasteiger partial charge in [-0.3, -0.25) is 28.9 Å². The van der Waals surface area contributed by atoms with Gasteiger partial charge < -0.3 is 68.0 Å². The number of rotatable bonds is 33. The summed E-state index contributed by atoms with van der Waals surface area (Å²) in [7, 11) is 6.32. The first-order valence-electron chi connectivity index (χ1n) is 31.8. The predicted octanol–water partition coefficient (Wildman–Crippen LogP) is 8.59. The summed E-state index contributed by atoms with van der Waals surface area (Å²) in [5.41, 5.74) is 2.97. The van der Waals surface area contributed by atoms with Crippen LogP contribution in [0.15, 0.2) is 96.5 Å². The Bertz CT molecular complexity index is 3580. The molecule has 2 saturated heterocycles. The van der Waals surface area contributed by atoms with Crippen molar-refractivity contribution in [2.75, 3.05) is 117 Å². The number of hydrogen-bond acceptors (Lipinski definition) is 18. The number of thiazole rings is 1. The van der Waals surface area contributed by atoms with Gasteiger partial charge in [0, 0.05) is 25.3 Å². The van der Waals surface area contributed by atoms with Crippen LogP contribution in [-0.2, 0) is 69.9 Å². The summed E-state index contributed by atoms with van der Waals surface area (Å²) in [6.45, 7) is 15.0. The number of carboxylic acids is 1. The third-order valence-corrected chi connectivity index (χ3v) is 16.9. The molecule has 0 unspecified atom stereocenters. The number of anilines is 2. The van der Waals surface area contributed by atoms with Crippen molar-refractivity contribution in [2.24, 2.45) is 5.41 Å². The van der Waals surface area contributed by atoms with Crippen LogP contribution in [0.4, 0.5) is 37.7 Å². The molecule has 2 N–H and O–H groups in total. The highest BCUT2D eigenvalue weighted by molar-refractivity contribution is 7.81. The van der Waals surface area contributed by atoms with Gasteiger partial charge in [0.15, 0.2) is 5.11 Å². The minimum absolute atomic E-state index is 0.00600. The van der Waals surface area contributed by atoms with Crippen LogP contribution >= 0.6 is 23.6 Å². The lowest BCUT2D eigenvalue weighted by Gasteiger charge is -2.35. The van der Waals surface area contributed by atoms with Gasteiger partial charge in [0.2, 0.25) is 17.7 Å². The van der Waals surface area contributed by atoms with E-state index in [1.54, 1.807) is 53.8 Å². The molecule has 0 aliphatic carbocycles. The minimum Gasteiger partial charge on any atom is -0.542 e. The number of halogens is 6. The zero-order valence-corrected chi connectivity index (χ0v) is 58.3. The number of likely N-dealkylation sites (tertiary alicyclic amines) is 1. The number of amides is 4. The van der Waals surface area contributed by atoms with Gasteiger partial charge in [0.05, 0.1) is 133 Å². The second-order valence-electron chi connectivity index (χ2n) is 25.7. The third-order valence-electron chi connectivity index (χ3n) is 15.6. The Morgan fingerprint density at radius 3 is 1.88 bits per heavy atom. The smallest absolute Gasteiger partial charge is 0.430 e. The molecule has 4 aromatic carbocycles. The maximum absolute atomic E-state index is 14.6. The maximum Gasteiger partial charge on any atom is 0.430 e. The molecule has 1 aromatic heterocycles. The number of aryl methyl sites for hydroxylation is 1. The molecule has 0 bridgehead atoms. The van der Waals surface area contributed by atoms with E-state index in [2.05, 4.69) is 36.8 Å². The molecule has 3 atom stereocenters. The third kappa shape index (κ3) is 24.0. The van der Waals surface area contributed by atoms with Crippen LogP contribution in [0.1, 0.15) is 82.7 Å². The number of carboxylic acid groups (broad SMARTS) is 1. The van der Waals surface area contributed by atoms with Crippen molar-refractivity contribution in [2.45, 2.75) is 110 Å². The lowest BCUT2D eigenvalue weighted by atomic mass is 9.85. The van der Waals surface area contributed by atoms with Gasteiger partial charge >= 0.3 is 18.3 Å². The average molecular weight is 1430 g/mol. The monoisotopic (exact) mass is 1430 g/mol. The molecule has 0 saturated carbocycles. The second kappa shape index (κ2) is 36.3. The number of aliphatic carboxylic acids is 1. The Hall–Kier alpha value is -8.15. The van der Waals surface area contributed by atoms with E-state index in [1.807, 2.05) is 88.4 Å². The first kappa shape index (κ1) is 79.8. The molecule has 4 amide bonds. The van der Waals surface area contributed by atoms with E-state index < -0.39 is 88.2 Å². The summed E-state index contributed by atoms with van der Waals surface area (Å²) in [6.07, 6.45) is -9.67. The summed E-state index contributed by atoms with van der Waals surface area (Å²) in [5.74, 6) is -4.92. The first-order valence-corrected chi connectivity index (χ1v) is 33.1. The van der Waals surface area contributed by atoms with Crippen molar-refractivity contribution in [3.05, 3.63) is 119 Å². The summed E-state index contributed by atoms with van der Waals surface area (Å²) >= 11 is 7.24. The van der Waals surface area contributed by atoms with E-state index in [1.165, 1.54) is 11.0 Å². The molecule has 22 nitrogen and oxygen atoms in total. The van der Waals surface area contributed by atoms with Gasteiger partial charge in [-0.05, 0) is 116 Å². The number of benzene rings is 4. The number of quaternary nitrogens is 1. The molecule has 538 valence electrons. The SMILES string of the molecule is Cc1ncsc1-c1ccc(CNC(=O)[C@@H]2C[C@@H](OC(=O)CCOCCOCCOCCOCC[N+](C)(C)C)CN2C(=O)[C@@H](NC(=O)COCCCCOc2ccc(-c3ccc(N4C(=S)N(c5ccc(C#N)c(C(F)(F)F)c5)C(=O)C4(C)C)cc3)cc2)C(C)(C)C)cc1.O=C([O-])C(F)(F)F. The highest BCUT2D eigenvalue weighted by Crippen LogP contribution is 2.41. The number of hydrogen-bond donors (Lipinski definition) is 2. The number of nitrogens with one attached hydrogen (secondary N) is 2. The number of nitrogens with zero attached hydrogens (tertiary/aromatic N) is 6. The van der Waals surface area contributed by atoms with Crippen molar-refractivity contribution < 1.29 is 97.9 Å². The van der Waals surface area contributed by atoms with Crippen molar-refractivity contribution in [1.82, 2.24) is 20.5 Å². The van der Waals surface area contributed by atoms with Gasteiger partial charge in [-0.2, -0.15) is 31.6 Å². The lowest BCUT2D eigenvalue weighted by Crippen LogP contribution is -2.58. The van der Waals surface area contributed by atoms with Gasteiger partial charge in [-0.1, -0.05) is 69.3 Å². The van der Waals surface area contributed by atoms with Gasteiger partial charge in [0.25, 0.3) is 5.91 Å². The molecule has 0 radical (unpaired) electrons. The number of likely N-dealkylation sites (N-methyl/N-ethyl adjacent to an activating group) is 1. The molecular weight excluding hydrogens is 1340 g/mol. The van der Waals surface area contributed by atoms with Gasteiger partial charge in [-0.25, -0.2) is 4.98 Å². The van der Waals surface area contributed by atoms with E-state index in [0.29, 0.717) is 70.5 Å². The highest BCUT2D eigenvalue weighted by Gasteiger charge is 2.51. The van der Waals surface area contributed by atoms with Crippen LogP contribution < -0.4 is 30.3 Å². The van der Waals surface area contributed by atoms with E-state index in [0.717, 1.165) is 60.9 Å². The van der Waals surface area contributed by atoms with E-state index in [4.69, 9.17) is 55.3 Å². The van der Waals surface area contributed by atoms with Crippen molar-refractivity contribution >= 4 is 75.6 Å². The number of esters is 1. The maximum atomic E-state index is 14.6. The molecule has 2 aliphatic rings. The zero-order chi connectivity index (χ0) is 72.9. The number of carbonyl (C=O) groups excluding carboxylic acids is 6. The lowest BCUT2D eigenvalue weighted by molar-refractivity contribution is -0.870. The fourth-order valence-electron chi connectivity index (χ4n) is 10.2. The molecule has 30 heteroatoms. The number of carbonyl (C=O) groups is 6. The molecule has 7 rings (SSSR count). The van der Waals surface area contributed by atoms with Crippen molar-refractivity contribution in [3.8, 4) is 33.4 Å². The summed E-state index contributed by atoms with van der Waals surface area (Å²) in [4.78, 5) is 87.3. The van der Waals surface area contributed by atoms with Gasteiger partial charge in [0.1, 0.15) is 48.6 Å². The fraction of sp³-hybridized carbons (Fsp3) is 0.493. The second-order valence-corrected chi connectivity index (χ2v) is 27.0. The molecular formula is C69H84F6N8O14S2. The highest BCUT2D eigenvalue weighted by atomic mass is 32.1. The number of unbranched alkanes of at least 4 members (excludes halogenated alkanes) is 1. The van der Waals surface area contributed by atoms with Crippen LogP contribution in [0.5, 0.6) is 5.75 Å². The summed E-state index contributed by atoms with van der Waals surface area (Å²) < 4.78 is 114. The van der Waals surface area contributed by atoms with E-state index in [-0.39, 0.29) is 63.2 Å². The molecule has 3 heterocycles.